The van der Waals surface area contributed by atoms with Gasteiger partial charge in [0.05, 0.1) is 17.4 Å². The lowest BCUT2D eigenvalue weighted by molar-refractivity contribution is 0.490. The molecule has 1 aromatic heterocycles. The van der Waals surface area contributed by atoms with E-state index in [1.165, 1.54) is 5.56 Å². The summed E-state index contributed by atoms with van der Waals surface area (Å²) >= 11 is 3.46. The molecule has 100 valence electrons. The van der Waals surface area contributed by atoms with E-state index in [2.05, 4.69) is 20.9 Å². The summed E-state index contributed by atoms with van der Waals surface area (Å²) in [4.78, 5) is 4.31. The van der Waals surface area contributed by atoms with Crippen LogP contribution in [0, 0.1) is 6.92 Å². The van der Waals surface area contributed by atoms with Crippen LogP contribution >= 0.6 is 15.9 Å². The van der Waals surface area contributed by atoms with E-state index in [1.54, 1.807) is 6.20 Å². The highest BCUT2D eigenvalue weighted by molar-refractivity contribution is 9.10. The first-order chi connectivity index (χ1) is 9.63. The molecule has 0 saturated heterocycles. The Hall–Kier alpha value is -2.07. The molecule has 2 aromatic carbocycles. The average Bonchev–Trinajstić information content (AvgIpc) is 2.44. The van der Waals surface area contributed by atoms with E-state index in [1.807, 2.05) is 49.4 Å². The third-order valence-electron chi connectivity index (χ3n) is 3.05. The number of nitrogens with two attached hydrogens (primary N) is 1. The van der Waals surface area contributed by atoms with Crippen LogP contribution in [0.25, 0.3) is 10.9 Å². The normalized spacial score (nSPS) is 10.7. The van der Waals surface area contributed by atoms with Crippen molar-refractivity contribution in [3.05, 3.63) is 58.7 Å². The number of aryl methyl sites for hydroxylation is 1. The first kappa shape index (κ1) is 12.9. The van der Waals surface area contributed by atoms with Crippen molar-refractivity contribution in [3.8, 4) is 11.5 Å². The van der Waals surface area contributed by atoms with Crippen molar-refractivity contribution in [1.82, 2.24) is 4.98 Å². The second-order valence-corrected chi connectivity index (χ2v) is 5.53. The summed E-state index contributed by atoms with van der Waals surface area (Å²) in [5.74, 6) is 1.40. The van der Waals surface area contributed by atoms with Crippen LogP contribution in [-0.4, -0.2) is 4.98 Å². The molecule has 0 aliphatic heterocycles. The zero-order chi connectivity index (χ0) is 14.1. The lowest BCUT2D eigenvalue weighted by Crippen LogP contribution is -1.95. The fourth-order valence-electron chi connectivity index (χ4n) is 1.99. The number of pyridine rings is 1. The maximum absolute atomic E-state index is 6.01. The molecule has 0 saturated carbocycles. The van der Waals surface area contributed by atoms with Crippen LogP contribution in [-0.2, 0) is 0 Å². The Kier molecular flexibility index (Phi) is 3.32. The van der Waals surface area contributed by atoms with Crippen LogP contribution in [0.15, 0.2) is 53.1 Å². The third kappa shape index (κ3) is 2.47. The molecule has 0 fully saturated rings. The predicted molar refractivity (Wildman–Crippen MR) is 85.1 cm³/mol. The molecule has 3 aromatic rings. The molecule has 0 amide bonds. The second-order valence-electron chi connectivity index (χ2n) is 4.62. The molecule has 0 atom stereocenters. The summed E-state index contributed by atoms with van der Waals surface area (Å²) in [6.07, 6.45) is 1.62. The van der Waals surface area contributed by atoms with Crippen molar-refractivity contribution in [3.63, 3.8) is 0 Å². The topological polar surface area (TPSA) is 48.1 Å². The molecule has 20 heavy (non-hydrogen) atoms. The second kappa shape index (κ2) is 5.13. The van der Waals surface area contributed by atoms with E-state index in [0.717, 1.165) is 21.1 Å². The van der Waals surface area contributed by atoms with E-state index >= 15 is 0 Å². The largest absolute Gasteiger partial charge is 0.454 e. The quantitative estimate of drug-likeness (QED) is 0.742. The summed E-state index contributed by atoms with van der Waals surface area (Å²) < 4.78 is 6.91. The molecular formula is C16H13BrN2O. The van der Waals surface area contributed by atoms with Crippen LogP contribution < -0.4 is 10.5 Å². The van der Waals surface area contributed by atoms with Crippen molar-refractivity contribution < 1.29 is 4.74 Å². The Bertz CT molecular complexity index is 764. The van der Waals surface area contributed by atoms with Crippen LogP contribution in [0.1, 0.15) is 5.56 Å². The SMILES string of the molecule is Cc1ccc(Oc2c(N)cnc3ccc(Br)cc23)cc1. The van der Waals surface area contributed by atoms with Crippen LogP contribution in [0.4, 0.5) is 5.69 Å². The van der Waals surface area contributed by atoms with Crippen LogP contribution in [0.5, 0.6) is 11.5 Å². The van der Waals surface area contributed by atoms with Crippen molar-refractivity contribution >= 4 is 32.5 Å². The van der Waals surface area contributed by atoms with Gasteiger partial charge in [-0.1, -0.05) is 33.6 Å². The van der Waals surface area contributed by atoms with Gasteiger partial charge in [0.25, 0.3) is 0 Å². The molecule has 4 heteroatoms. The smallest absolute Gasteiger partial charge is 0.161 e. The number of fused-ring (bicyclic) bond motifs is 1. The third-order valence-corrected chi connectivity index (χ3v) is 3.54. The Balaban J connectivity index is 2.12. The van der Waals surface area contributed by atoms with E-state index in [4.69, 9.17) is 10.5 Å². The highest BCUT2D eigenvalue weighted by atomic mass is 79.9. The predicted octanol–water partition coefficient (Wildman–Crippen LogP) is 4.68. The van der Waals surface area contributed by atoms with Crippen molar-refractivity contribution in [2.45, 2.75) is 6.92 Å². The monoisotopic (exact) mass is 328 g/mol. The number of ether oxygens (including phenoxy) is 1. The molecule has 0 spiro atoms. The van der Waals surface area contributed by atoms with Gasteiger partial charge in [-0.05, 0) is 37.3 Å². The summed E-state index contributed by atoms with van der Waals surface area (Å²) in [5.41, 5.74) is 8.57. The molecule has 0 radical (unpaired) electrons. The van der Waals surface area contributed by atoms with Crippen molar-refractivity contribution in [2.24, 2.45) is 0 Å². The van der Waals surface area contributed by atoms with Gasteiger partial charge >= 0.3 is 0 Å². The van der Waals surface area contributed by atoms with Gasteiger partial charge in [-0.2, -0.15) is 0 Å². The Morgan fingerprint density at radius 2 is 1.85 bits per heavy atom. The molecule has 2 N–H and O–H groups in total. The fourth-order valence-corrected chi connectivity index (χ4v) is 2.36. The molecule has 0 aliphatic carbocycles. The van der Waals surface area contributed by atoms with Gasteiger partial charge in [0.1, 0.15) is 5.75 Å². The van der Waals surface area contributed by atoms with Gasteiger partial charge in [0, 0.05) is 9.86 Å². The minimum absolute atomic E-state index is 0.524. The number of benzene rings is 2. The van der Waals surface area contributed by atoms with Gasteiger partial charge in [0.15, 0.2) is 5.75 Å². The number of hydrogen-bond acceptors (Lipinski definition) is 3. The molecule has 3 rings (SSSR count). The highest BCUT2D eigenvalue weighted by Gasteiger charge is 2.09. The summed E-state index contributed by atoms with van der Waals surface area (Å²) in [6, 6.07) is 13.7. The molecule has 0 bridgehead atoms. The average molecular weight is 329 g/mol. The first-order valence-corrected chi connectivity index (χ1v) is 7.01. The molecule has 0 aliphatic rings. The zero-order valence-electron chi connectivity index (χ0n) is 10.9. The van der Waals surface area contributed by atoms with E-state index in [0.29, 0.717) is 11.4 Å². The van der Waals surface area contributed by atoms with E-state index < -0.39 is 0 Å². The number of hydrogen-bond donors (Lipinski definition) is 1. The number of halogens is 1. The molecular weight excluding hydrogens is 316 g/mol. The lowest BCUT2D eigenvalue weighted by Gasteiger charge is -2.11. The first-order valence-electron chi connectivity index (χ1n) is 6.22. The van der Waals surface area contributed by atoms with Crippen LogP contribution in [0.3, 0.4) is 0 Å². The molecule has 1 heterocycles. The zero-order valence-corrected chi connectivity index (χ0v) is 12.5. The van der Waals surface area contributed by atoms with E-state index in [-0.39, 0.29) is 0 Å². The molecule has 0 unspecified atom stereocenters. The number of aromatic nitrogens is 1. The minimum atomic E-state index is 0.524. The maximum Gasteiger partial charge on any atom is 0.161 e. The lowest BCUT2D eigenvalue weighted by atomic mass is 10.2. The number of nitrogens with zero attached hydrogens (tertiary/aromatic N) is 1. The van der Waals surface area contributed by atoms with Gasteiger partial charge in [-0.25, -0.2) is 0 Å². The summed E-state index contributed by atoms with van der Waals surface area (Å²) in [7, 11) is 0. The van der Waals surface area contributed by atoms with Gasteiger partial charge in [-0.15, -0.1) is 0 Å². The van der Waals surface area contributed by atoms with Crippen molar-refractivity contribution in [1.29, 1.82) is 0 Å². The van der Waals surface area contributed by atoms with Gasteiger partial charge < -0.3 is 10.5 Å². The van der Waals surface area contributed by atoms with E-state index in [9.17, 15) is 0 Å². The Morgan fingerprint density at radius 3 is 2.60 bits per heavy atom. The number of nitrogen functional groups attached to an aromatic ring is 1. The maximum atomic E-state index is 6.01. The van der Waals surface area contributed by atoms with Gasteiger partial charge in [-0.3, -0.25) is 4.98 Å². The van der Waals surface area contributed by atoms with Crippen LogP contribution in [0.2, 0.25) is 0 Å². The number of anilines is 1. The molecule has 3 nitrogen and oxygen atoms in total. The Morgan fingerprint density at radius 1 is 1.10 bits per heavy atom. The van der Waals surface area contributed by atoms with Gasteiger partial charge in [0.2, 0.25) is 0 Å². The van der Waals surface area contributed by atoms with Crippen molar-refractivity contribution in [2.75, 3.05) is 5.73 Å². The summed E-state index contributed by atoms with van der Waals surface area (Å²) in [5, 5.41) is 0.889. The Labute approximate surface area is 125 Å². The minimum Gasteiger partial charge on any atom is -0.454 e. The standard InChI is InChI=1S/C16H13BrN2O/c1-10-2-5-12(6-3-10)20-16-13-8-11(17)4-7-15(13)19-9-14(16)18/h2-9H,18H2,1H3. The fraction of sp³-hybridized carbons (Fsp3) is 0.0625. The highest BCUT2D eigenvalue weighted by Crippen LogP contribution is 2.35. The summed E-state index contributed by atoms with van der Waals surface area (Å²) in [6.45, 7) is 2.04. The number of rotatable bonds is 2.